The summed E-state index contributed by atoms with van der Waals surface area (Å²) < 4.78 is 12.7. The van der Waals surface area contributed by atoms with Crippen molar-refractivity contribution in [2.45, 2.75) is 6.04 Å². The molecular weight excluding hydrogens is 197 g/mol. The van der Waals surface area contributed by atoms with Crippen molar-refractivity contribution in [1.29, 1.82) is 0 Å². The molecule has 0 unspecified atom stereocenters. The van der Waals surface area contributed by atoms with Crippen LogP contribution in [0, 0.1) is 5.82 Å². The first-order chi connectivity index (χ1) is 6.19. The van der Waals surface area contributed by atoms with Crippen LogP contribution in [0.3, 0.4) is 0 Å². The predicted octanol–water partition coefficient (Wildman–Crippen LogP) is 1.49. The van der Waals surface area contributed by atoms with Gasteiger partial charge in [0.25, 0.3) is 0 Å². The highest BCUT2D eigenvalue weighted by molar-refractivity contribution is 6.30. The van der Waals surface area contributed by atoms with E-state index in [1.165, 1.54) is 18.2 Å². The van der Waals surface area contributed by atoms with Crippen molar-refractivity contribution < 1.29 is 14.7 Å². The van der Waals surface area contributed by atoms with Gasteiger partial charge in [0.05, 0.1) is 17.7 Å². The Bertz CT molecular complexity index is 291. The molecule has 0 aliphatic heterocycles. The van der Waals surface area contributed by atoms with Crippen molar-refractivity contribution in [2.75, 3.05) is 6.61 Å². The SMILES string of the molecule is OC[C@@H](NO)c1ccc(F)c(Cl)c1. The molecule has 72 valence electrons. The maximum Gasteiger partial charge on any atom is 0.141 e. The van der Waals surface area contributed by atoms with Crippen LogP contribution in [0.25, 0.3) is 0 Å². The average molecular weight is 206 g/mol. The Labute approximate surface area is 79.7 Å². The van der Waals surface area contributed by atoms with E-state index < -0.39 is 11.9 Å². The van der Waals surface area contributed by atoms with Crippen LogP contribution in [0.15, 0.2) is 18.2 Å². The average Bonchev–Trinajstić information content (AvgIpc) is 2.13. The van der Waals surface area contributed by atoms with Crippen LogP contribution in [-0.2, 0) is 0 Å². The van der Waals surface area contributed by atoms with Gasteiger partial charge in [-0.1, -0.05) is 17.7 Å². The third-order valence-electron chi connectivity index (χ3n) is 1.68. The summed E-state index contributed by atoms with van der Waals surface area (Å²) in [6.45, 7) is -0.293. The minimum atomic E-state index is -0.641. The fourth-order valence-electron chi connectivity index (χ4n) is 0.950. The van der Waals surface area contributed by atoms with Gasteiger partial charge in [0.15, 0.2) is 0 Å². The van der Waals surface area contributed by atoms with Crippen LogP contribution >= 0.6 is 11.6 Å². The van der Waals surface area contributed by atoms with Gasteiger partial charge in [0.1, 0.15) is 5.82 Å². The number of hydrogen-bond donors (Lipinski definition) is 3. The summed E-state index contributed by atoms with van der Waals surface area (Å²) in [6, 6.07) is 3.32. The lowest BCUT2D eigenvalue weighted by Gasteiger charge is -2.12. The topological polar surface area (TPSA) is 52.5 Å². The molecule has 13 heavy (non-hydrogen) atoms. The van der Waals surface area contributed by atoms with Gasteiger partial charge in [-0.15, -0.1) is 0 Å². The molecule has 5 heteroatoms. The lowest BCUT2D eigenvalue weighted by Crippen LogP contribution is -2.20. The largest absolute Gasteiger partial charge is 0.394 e. The maximum absolute atomic E-state index is 12.7. The Hall–Kier alpha value is -0.680. The fraction of sp³-hybridized carbons (Fsp3) is 0.250. The Morgan fingerprint density at radius 1 is 1.54 bits per heavy atom. The van der Waals surface area contributed by atoms with Crippen LogP contribution in [-0.4, -0.2) is 16.9 Å². The Morgan fingerprint density at radius 2 is 2.23 bits per heavy atom. The molecule has 1 aromatic rings. The van der Waals surface area contributed by atoms with Gasteiger partial charge >= 0.3 is 0 Å². The van der Waals surface area contributed by atoms with Gasteiger partial charge in [-0.05, 0) is 17.7 Å². The first-order valence-electron chi connectivity index (χ1n) is 3.64. The number of hydrogen-bond acceptors (Lipinski definition) is 3. The lowest BCUT2D eigenvalue weighted by molar-refractivity contribution is 0.0906. The highest BCUT2D eigenvalue weighted by Crippen LogP contribution is 2.20. The minimum Gasteiger partial charge on any atom is -0.394 e. The molecule has 0 aliphatic rings. The summed E-state index contributed by atoms with van der Waals surface area (Å²) in [7, 11) is 0. The highest BCUT2D eigenvalue weighted by Gasteiger charge is 2.10. The van der Waals surface area contributed by atoms with E-state index in [0.29, 0.717) is 5.56 Å². The van der Waals surface area contributed by atoms with E-state index in [0.717, 1.165) is 0 Å². The number of benzene rings is 1. The van der Waals surface area contributed by atoms with Gasteiger partial charge in [-0.2, -0.15) is 5.48 Å². The zero-order chi connectivity index (χ0) is 9.84. The maximum atomic E-state index is 12.7. The number of rotatable bonds is 3. The predicted molar refractivity (Wildman–Crippen MR) is 46.2 cm³/mol. The van der Waals surface area contributed by atoms with E-state index in [9.17, 15) is 4.39 Å². The molecule has 0 saturated heterocycles. The van der Waals surface area contributed by atoms with Crippen LogP contribution < -0.4 is 5.48 Å². The van der Waals surface area contributed by atoms with Crippen LogP contribution in [0.2, 0.25) is 5.02 Å². The molecule has 0 spiro atoms. The molecule has 0 fully saturated rings. The van der Waals surface area contributed by atoms with E-state index in [-0.39, 0.29) is 11.6 Å². The Kier molecular flexibility index (Phi) is 3.62. The molecule has 3 N–H and O–H groups in total. The zero-order valence-electron chi connectivity index (χ0n) is 6.67. The molecule has 0 radical (unpaired) electrons. The Morgan fingerprint density at radius 3 is 2.69 bits per heavy atom. The number of nitrogens with one attached hydrogen (secondary N) is 1. The van der Waals surface area contributed by atoms with Crippen LogP contribution in [0.4, 0.5) is 4.39 Å². The molecule has 0 aliphatic carbocycles. The van der Waals surface area contributed by atoms with Gasteiger partial charge in [0.2, 0.25) is 0 Å². The van der Waals surface area contributed by atoms with Gasteiger partial charge in [-0.3, -0.25) is 0 Å². The molecule has 1 aromatic carbocycles. The smallest absolute Gasteiger partial charge is 0.141 e. The van der Waals surface area contributed by atoms with Crippen molar-refractivity contribution >= 4 is 11.6 Å². The molecule has 1 rings (SSSR count). The van der Waals surface area contributed by atoms with E-state index in [4.69, 9.17) is 21.9 Å². The van der Waals surface area contributed by atoms with E-state index in [2.05, 4.69) is 0 Å². The molecule has 0 saturated carbocycles. The van der Waals surface area contributed by atoms with Gasteiger partial charge < -0.3 is 10.3 Å². The van der Waals surface area contributed by atoms with E-state index >= 15 is 0 Å². The quantitative estimate of drug-likeness (QED) is 0.656. The van der Waals surface area contributed by atoms with Crippen molar-refractivity contribution in [1.82, 2.24) is 5.48 Å². The molecule has 1 atom stereocenters. The highest BCUT2D eigenvalue weighted by atomic mass is 35.5. The number of aliphatic hydroxyl groups is 1. The third-order valence-corrected chi connectivity index (χ3v) is 1.97. The molecule has 3 nitrogen and oxygen atoms in total. The Balaban J connectivity index is 2.95. The second kappa shape index (κ2) is 4.53. The second-order valence-corrected chi connectivity index (χ2v) is 2.95. The molecule has 0 amide bonds. The molecule has 0 aromatic heterocycles. The first kappa shape index (κ1) is 10.4. The minimum absolute atomic E-state index is 0.0359. The zero-order valence-corrected chi connectivity index (χ0v) is 7.42. The van der Waals surface area contributed by atoms with Crippen molar-refractivity contribution in [3.63, 3.8) is 0 Å². The molecular formula is C8H9ClFNO2. The van der Waals surface area contributed by atoms with Crippen molar-refractivity contribution in [2.24, 2.45) is 0 Å². The first-order valence-corrected chi connectivity index (χ1v) is 4.02. The second-order valence-electron chi connectivity index (χ2n) is 2.54. The summed E-state index contributed by atoms with van der Waals surface area (Å²) in [6.07, 6.45) is 0. The lowest BCUT2D eigenvalue weighted by atomic mass is 10.1. The summed E-state index contributed by atoms with van der Waals surface area (Å²) in [4.78, 5) is 0. The number of hydroxylamine groups is 1. The van der Waals surface area contributed by atoms with E-state index in [1.807, 2.05) is 5.48 Å². The monoisotopic (exact) mass is 205 g/mol. The summed E-state index contributed by atoms with van der Waals surface area (Å²) in [5, 5.41) is 17.3. The normalized spacial score (nSPS) is 12.9. The standard InChI is InChI=1S/C8H9ClFNO2/c9-6-3-5(1-2-7(6)10)8(4-12)11-13/h1-3,8,11-13H,4H2/t8-/m1/s1. The van der Waals surface area contributed by atoms with Crippen LogP contribution in [0.1, 0.15) is 11.6 Å². The number of halogens is 2. The van der Waals surface area contributed by atoms with Gasteiger partial charge in [0, 0.05) is 0 Å². The molecule has 0 bridgehead atoms. The van der Waals surface area contributed by atoms with Crippen molar-refractivity contribution in [3.05, 3.63) is 34.6 Å². The fourth-order valence-corrected chi connectivity index (χ4v) is 1.14. The summed E-state index contributed by atoms with van der Waals surface area (Å²) in [5.74, 6) is -0.528. The summed E-state index contributed by atoms with van der Waals surface area (Å²) in [5.41, 5.74) is 2.41. The number of aliphatic hydroxyl groups excluding tert-OH is 1. The van der Waals surface area contributed by atoms with Crippen LogP contribution in [0.5, 0.6) is 0 Å². The molecule has 0 heterocycles. The van der Waals surface area contributed by atoms with Crippen molar-refractivity contribution in [3.8, 4) is 0 Å². The van der Waals surface area contributed by atoms with Gasteiger partial charge in [-0.25, -0.2) is 4.39 Å². The summed E-state index contributed by atoms with van der Waals surface area (Å²) >= 11 is 5.51. The third kappa shape index (κ3) is 2.38. The van der Waals surface area contributed by atoms with E-state index in [1.54, 1.807) is 0 Å².